The second-order valence-corrected chi connectivity index (χ2v) is 6.57. The van der Waals surface area contributed by atoms with Crippen LogP contribution < -0.4 is 9.44 Å². The zero-order valence-electron chi connectivity index (χ0n) is 10.9. The van der Waals surface area contributed by atoms with E-state index < -0.39 is 27.6 Å². The van der Waals surface area contributed by atoms with Crippen LogP contribution in [0.15, 0.2) is 0 Å². The normalized spacial score (nSPS) is 29.1. The lowest BCUT2D eigenvalue weighted by molar-refractivity contribution is -0.151. The van der Waals surface area contributed by atoms with Gasteiger partial charge in [0, 0.05) is 12.6 Å². The highest BCUT2D eigenvalue weighted by molar-refractivity contribution is 7.87. The van der Waals surface area contributed by atoms with Gasteiger partial charge in [-0.05, 0) is 26.2 Å². The first-order valence-corrected chi connectivity index (χ1v) is 7.80. The van der Waals surface area contributed by atoms with Crippen LogP contribution in [0.5, 0.6) is 0 Å². The van der Waals surface area contributed by atoms with Gasteiger partial charge in [-0.3, -0.25) is 4.79 Å². The molecule has 0 spiro atoms. The monoisotopic (exact) mass is 278 g/mol. The van der Waals surface area contributed by atoms with Gasteiger partial charge in [-0.1, -0.05) is 19.8 Å². The van der Waals surface area contributed by atoms with Crippen LogP contribution in [0.3, 0.4) is 0 Å². The van der Waals surface area contributed by atoms with Gasteiger partial charge < -0.3 is 5.11 Å². The molecule has 3 N–H and O–H groups in total. The Morgan fingerprint density at radius 1 is 1.44 bits per heavy atom. The van der Waals surface area contributed by atoms with Gasteiger partial charge in [0.05, 0.1) is 5.41 Å². The van der Waals surface area contributed by atoms with E-state index in [1.54, 1.807) is 6.92 Å². The van der Waals surface area contributed by atoms with E-state index in [4.69, 9.17) is 0 Å². The van der Waals surface area contributed by atoms with Crippen molar-refractivity contribution in [2.75, 3.05) is 6.54 Å². The summed E-state index contributed by atoms with van der Waals surface area (Å²) in [5, 5.41) is 9.29. The largest absolute Gasteiger partial charge is 0.481 e. The summed E-state index contributed by atoms with van der Waals surface area (Å²) in [7, 11) is -3.61. The van der Waals surface area contributed by atoms with Gasteiger partial charge in [0.25, 0.3) is 10.2 Å². The molecule has 0 heterocycles. The maximum atomic E-state index is 11.8. The molecule has 0 radical (unpaired) electrons. The van der Waals surface area contributed by atoms with E-state index in [2.05, 4.69) is 9.44 Å². The summed E-state index contributed by atoms with van der Waals surface area (Å²) >= 11 is 0. The summed E-state index contributed by atoms with van der Waals surface area (Å²) in [5.74, 6) is -0.939. The molecule has 0 amide bonds. The second kappa shape index (κ2) is 5.99. The minimum atomic E-state index is -3.61. The van der Waals surface area contributed by atoms with Crippen LogP contribution in [0, 0.1) is 5.41 Å². The van der Waals surface area contributed by atoms with Crippen molar-refractivity contribution in [3.8, 4) is 0 Å². The number of carboxylic acid groups (broad SMARTS) is 1. The van der Waals surface area contributed by atoms with Gasteiger partial charge in [0.15, 0.2) is 0 Å². The predicted octanol–water partition coefficient (Wildman–Crippen LogP) is 0.854. The Bertz CT molecular complexity index is 396. The third-order valence-electron chi connectivity index (χ3n) is 3.54. The summed E-state index contributed by atoms with van der Waals surface area (Å²) in [6, 6.07) is -0.543. The minimum absolute atomic E-state index is 0.353. The van der Waals surface area contributed by atoms with Crippen LogP contribution in [-0.2, 0) is 15.0 Å². The maximum Gasteiger partial charge on any atom is 0.310 e. The van der Waals surface area contributed by atoms with Crippen molar-refractivity contribution in [2.45, 2.75) is 52.0 Å². The van der Waals surface area contributed by atoms with Crippen LogP contribution in [0.25, 0.3) is 0 Å². The Hall–Kier alpha value is -0.660. The number of carboxylic acids is 1. The first-order chi connectivity index (χ1) is 8.32. The van der Waals surface area contributed by atoms with E-state index in [9.17, 15) is 18.3 Å². The molecule has 2 unspecified atom stereocenters. The minimum Gasteiger partial charge on any atom is -0.481 e. The maximum absolute atomic E-state index is 11.8. The zero-order chi connectivity index (χ0) is 13.8. The number of rotatable bonds is 6. The van der Waals surface area contributed by atoms with Gasteiger partial charge >= 0.3 is 5.97 Å². The molecule has 0 saturated heterocycles. The van der Waals surface area contributed by atoms with Crippen LogP contribution in [0.2, 0.25) is 0 Å². The van der Waals surface area contributed by atoms with Crippen molar-refractivity contribution in [3.63, 3.8) is 0 Å². The molecule has 0 aromatic rings. The summed E-state index contributed by atoms with van der Waals surface area (Å²) in [6.45, 7) is 3.83. The summed E-state index contributed by atoms with van der Waals surface area (Å²) < 4.78 is 28.4. The van der Waals surface area contributed by atoms with Crippen molar-refractivity contribution in [3.05, 3.63) is 0 Å². The summed E-state index contributed by atoms with van der Waals surface area (Å²) in [4.78, 5) is 11.3. The molecule has 7 heteroatoms. The molecule has 1 aliphatic carbocycles. The Kier molecular flexibility index (Phi) is 5.12. The van der Waals surface area contributed by atoms with E-state index in [-0.39, 0.29) is 0 Å². The highest BCUT2D eigenvalue weighted by Crippen LogP contribution is 2.36. The lowest BCUT2D eigenvalue weighted by Crippen LogP contribution is -2.54. The fourth-order valence-electron chi connectivity index (χ4n) is 2.24. The molecule has 1 aliphatic rings. The number of hydrogen-bond acceptors (Lipinski definition) is 3. The first-order valence-electron chi connectivity index (χ1n) is 6.32. The number of aliphatic carboxylic acids is 1. The second-order valence-electron chi connectivity index (χ2n) is 5.04. The molecular weight excluding hydrogens is 256 g/mol. The van der Waals surface area contributed by atoms with E-state index in [1.165, 1.54) is 0 Å². The Balaban J connectivity index is 2.77. The Morgan fingerprint density at radius 3 is 2.67 bits per heavy atom. The van der Waals surface area contributed by atoms with Gasteiger partial charge in [0.1, 0.15) is 0 Å². The number of nitrogens with one attached hydrogen (secondary N) is 2. The van der Waals surface area contributed by atoms with Crippen molar-refractivity contribution < 1.29 is 18.3 Å². The smallest absolute Gasteiger partial charge is 0.310 e. The molecule has 0 aromatic carbocycles. The molecular formula is C11H22N2O4S. The predicted molar refractivity (Wildman–Crippen MR) is 68.3 cm³/mol. The zero-order valence-corrected chi connectivity index (χ0v) is 11.7. The average molecular weight is 278 g/mol. The fourth-order valence-corrected chi connectivity index (χ4v) is 3.55. The molecule has 2 atom stereocenters. The van der Waals surface area contributed by atoms with E-state index in [0.29, 0.717) is 25.8 Å². The molecule has 1 saturated carbocycles. The lowest BCUT2D eigenvalue weighted by atomic mass is 9.72. The highest BCUT2D eigenvalue weighted by Gasteiger charge is 2.44. The molecule has 106 valence electrons. The fraction of sp³-hybridized carbons (Fsp3) is 0.909. The van der Waals surface area contributed by atoms with Crippen molar-refractivity contribution in [1.29, 1.82) is 0 Å². The Morgan fingerprint density at radius 2 is 2.11 bits per heavy atom. The standard InChI is InChI=1S/C11H22N2O4S/c1-3-8-12-18(16,17)13-9-6-4-5-7-11(9,2)10(14)15/h9,12-13H,3-8H2,1-2H3,(H,14,15). The Labute approximate surface area is 108 Å². The lowest BCUT2D eigenvalue weighted by Gasteiger charge is -2.37. The van der Waals surface area contributed by atoms with E-state index in [1.807, 2.05) is 6.92 Å². The van der Waals surface area contributed by atoms with Crippen molar-refractivity contribution in [1.82, 2.24) is 9.44 Å². The van der Waals surface area contributed by atoms with Gasteiger partial charge in [0.2, 0.25) is 0 Å². The number of hydrogen-bond donors (Lipinski definition) is 3. The van der Waals surface area contributed by atoms with Crippen LogP contribution >= 0.6 is 0 Å². The van der Waals surface area contributed by atoms with Crippen molar-refractivity contribution in [2.24, 2.45) is 5.41 Å². The average Bonchev–Trinajstić information content (AvgIpc) is 2.29. The summed E-state index contributed by atoms with van der Waals surface area (Å²) in [6.07, 6.45) is 3.44. The van der Waals surface area contributed by atoms with Gasteiger partial charge in [-0.15, -0.1) is 0 Å². The quantitative estimate of drug-likeness (QED) is 0.671. The molecule has 18 heavy (non-hydrogen) atoms. The van der Waals surface area contributed by atoms with E-state index >= 15 is 0 Å². The highest BCUT2D eigenvalue weighted by atomic mass is 32.2. The first kappa shape index (κ1) is 15.4. The van der Waals surface area contributed by atoms with E-state index in [0.717, 1.165) is 12.8 Å². The van der Waals surface area contributed by atoms with Gasteiger partial charge in [-0.2, -0.15) is 13.1 Å². The van der Waals surface area contributed by atoms with Crippen LogP contribution in [0.1, 0.15) is 46.0 Å². The topological polar surface area (TPSA) is 95.5 Å². The molecule has 0 bridgehead atoms. The van der Waals surface area contributed by atoms with Gasteiger partial charge in [-0.25, -0.2) is 4.72 Å². The SMILES string of the molecule is CCCNS(=O)(=O)NC1CCCCC1(C)C(=O)O. The molecule has 1 rings (SSSR count). The van der Waals surface area contributed by atoms with Crippen LogP contribution in [-0.4, -0.2) is 32.1 Å². The van der Waals surface area contributed by atoms with Crippen molar-refractivity contribution >= 4 is 16.2 Å². The van der Waals surface area contributed by atoms with Crippen LogP contribution in [0.4, 0.5) is 0 Å². The number of carbonyl (C=O) groups is 1. The third kappa shape index (κ3) is 3.66. The molecule has 0 aliphatic heterocycles. The third-order valence-corrected chi connectivity index (χ3v) is 4.72. The molecule has 6 nitrogen and oxygen atoms in total. The summed E-state index contributed by atoms with van der Waals surface area (Å²) in [5.41, 5.74) is -1.01. The molecule has 0 aromatic heterocycles. The molecule has 1 fully saturated rings.